The molecule has 130 valence electrons. The maximum atomic E-state index is 13.3. The van der Waals surface area contributed by atoms with E-state index in [4.69, 9.17) is 0 Å². The summed E-state index contributed by atoms with van der Waals surface area (Å²) >= 11 is 1.24. The molecule has 0 radical (unpaired) electrons. The third kappa shape index (κ3) is 3.76. The number of halogens is 2. The molecule has 0 bridgehead atoms. The summed E-state index contributed by atoms with van der Waals surface area (Å²) in [5.41, 5.74) is 0.619. The second-order valence-corrected chi connectivity index (χ2v) is 9.20. The molecule has 2 aromatic rings. The Labute approximate surface area is 144 Å². The molecule has 0 saturated carbocycles. The van der Waals surface area contributed by atoms with E-state index in [0.29, 0.717) is 29.5 Å². The van der Waals surface area contributed by atoms with Gasteiger partial charge in [0.05, 0.1) is 0 Å². The summed E-state index contributed by atoms with van der Waals surface area (Å²) in [6.07, 6.45) is 0.797. The van der Waals surface area contributed by atoms with Crippen LogP contribution < -0.4 is 9.62 Å². The van der Waals surface area contributed by atoms with Crippen molar-refractivity contribution in [1.82, 2.24) is 4.72 Å². The number of sulfonamides is 1. The van der Waals surface area contributed by atoms with Crippen LogP contribution in [0.1, 0.15) is 11.3 Å². The lowest BCUT2D eigenvalue weighted by molar-refractivity contribution is 0.508. The average molecular weight is 372 g/mol. The molecule has 0 aliphatic carbocycles. The van der Waals surface area contributed by atoms with E-state index < -0.39 is 21.7 Å². The van der Waals surface area contributed by atoms with E-state index in [1.165, 1.54) is 17.4 Å². The minimum Gasteiger partial charge on any atom is -0.371 e. The van der Waals surface area contributed by atoms with Gasteiger partial charge in [-0.2, -0.15) is 0 Å². The van der Waals surface area contributed by atoms with Crippen molar-refractivity contribution in [2.24, 2.45) is 5.92 Å². The fourth-order valence-corrected chi connectivity index (χ4v) is 5.21. The molecular formula is C16H18F2N2O2S2. The first kappa shape index (κ1) is 17.3. The van der Waals surface area contributed by atoms with Crippen molar-refractivity contribution in [1.29, 1.82) is 0 Å². The highest BCUT2D eigenvalue weighted by Crippen LogP contribution is 2.26. The van der Waals surface area contributed by atoms with Crippen LogP contribution in [0, 0.1) is 24.5 Å². The van der Waals surface area contributed by atoms with Crippen molar-refractivity contribution in [2.45, 2.75) is 17.6 Å². The summed E-state index contributed by atoms with van der Waals surface area (Å²) in [5.74, 6) is -1.60. The number of anilines is 1. The lowest BCUT2D eigenvalue weighted by atomic mass is 10.1. The van der Waals surface area contributed by atoms with Crippen molar-refractivity contribution in [3.05, 3.63) is 46.8 Å². The van der Waals surface area contributed by atoms with Crippen molar-refractivity contribution in [2.75, 3.05) is 24.5 Å². The molecule has 1 unspecified atom stereocenters. The Bertz CT molecular complexity index is 836. The molecule has 8 heteroatoms. The number of rotatable bonds is 5. The van der Waals surface area contributed by atoms with Crippen molar-refractivity contribution in [3.8, 4) is 0 Å². The molecule has 1 fully saturated rings. The molecular weight excluding hydrogens is 354 g/mol. The van der Waals surface area contributed by atoms with Gasteiger partial charge in [-0.05, 0) is 43.5 Å². The third-order valence-corrected chi connectivity index (χ3v) is 7.01. The van der Waals surface area contributed by atoms with E-state index in [9.17, 15) is 17.2 Å². The Morgan fingerprint density at radius 2 is 2.04 bits per heavy atom. The Morgan fingerprint density at radius 1 is 1.25 bits per heavy atom. The molecule has 1 aliphatic rings. The van der Waals surface area contributed by atoms with Gasteiger partial charge in [-0.3, -0.25) is 0 Å². The fourth-order valence-electron chi connectivity index (χ4n) is 2.77. The van der Waals surface area contributed by atoms with Gasteiger partial charge in [0.2, 0.25) is 10.0 Å². The van der Waals surface area contributed by atoms with Crippen molar-refractivity contribution < 1.29 is 17.2 Å². The lowest BCUT2D eigenvalue weighted by Gasteiger charge is -2.19. The minimum absolute atomic E-state index is 0.133. The second kappa shape index (κ2) is 6.78. The summed E-state index contributed by atoms with van der Waals surface area (Å²) in [6, 6.07) is 7.21. The number of hydrogen-bond donors (Lipinski definition) is 1. The number of hydrogen-bond acceptors (Lipinski definition) is 4. The first-order chi connectivity index (χ1) is 11.3. The van der Waals surface area contributed by atoms with Gasteiger partial charge in [0, 0.05) is 36.3 Å². The van der Waals surface area contributed by atoms with Crippen LogP contribution in [-0.4, -0.2) is 28.1 Å². The van der Waals surface area contributed by atoms with Crippen LogP contribution in [0.15, 0.2) is 34.5 Å². The summed E-state index contributed by atoms with van der Waals surface area (Å²) in [4.78, 5) is 2.89. The quantitative estimate of drug-likeness (QED) is 0.877. The Kier molecular flexibility index (Phi) is 4.89. The maximum absolute atomic E-state index is 13.3. The number of nitrogens with zero attached hydrogens (tertiary/aromatic N) is 1. The van der Waals surface area contributed by atoms with E-state index in [1.54, 1.807) is 18.2 Å². The minimum atomic E-state index is -3.48. The molecule has 1 atom stereocenters. The smallest absolute Gasteiger partial charge is 0.250 e. The van der Waals surface area contributed by atoms with Crippen LogP contribution in [0.5, 0.6) is 0 Å². The number of thiophene rings is 1. The lowest BCUT2D eigenvalue weighted by Crippen LogP contribution is -2.30. The summed E-state index contributed by atoms with van der Waals surface area (Å²) in [5, 5.41) is 0. The number of nitrogens with one attached hydrogen (secondary N) is 1. The zero-order valence-corrected chi connectivity index (χ0v) is 14.8. The van der Waals surface area contributed by atoms with E-state index >= 15 is 0 Å². The third-order valence-electron chi connectivity index (χ3n) is 4.10. The predicted octanol–water partition coefficient (Wildman–Crippen LogP) is 3.14. The largest absolute Gasteiger partial charge is 0.371 e. The second-order valence-electron chi connectivity index (χ2n) is 5.92. The topological polar surface area (TPSA) is 49.4 Å². The highest BCUT2D eigenvalue weighted by atomic mass is 32.2. The van der Waals surface area contributed by atoms with Crippen molar-refractivity contribution in [3.63, 3.8) is 0 Å². The Balaban J connectivity index is 1.59. The average Bonchev–Trinajstić information content (AvgIpc) is 3.17. The van der Waals surface area contributed by atoms with Crippen LogP contribution >= 0.6 is 11.3 Å². The molecule has 1 aromatic heterocycles. The van der Waals surface area contributed by atoms with Gasteiger partial charge in [-0.15, -0.1) is 11.3 Å². The van der Waals surface area contributed by atoms with Crippen LogP contribution in [-0.2, 0) is 10.0 Å². The van der Waals surface area contributed by atoms with Crippen molar-refractivity contribution >= 4 is 27.0 Å². The van der Waals surface area contributed by atoms with Crippen LogP contribution in [0.25, 0.3) is 0 Å². The standard InChI is InChI=1S/C16H18F2N2O2S2/c1-11-2-5-16(23-11)24(21,22)19-9-12-6-7-20(10-12)13-3-4-14(17)15(18)8-13/h2-5,8,12,19H,6-7,9-10H2,1H3. The van der Waals surface area contributed by atoms with Gasteiger partial charge in [0.25, 0.3) is 0 Å². The molecule has 24 heavy (non-hydrogen) atoms. The summed E-state index contributed by atoms with van der Waals surface area (Å²) < 4.78 is 53.8. The van der Waals surface area contributed by atoms with E-state index in [1.807, 2.05) is 11.8 Å². The predicted molar refractivity (Wildman–Crippen MR) is 90.9 cm³/mol. The van der Waals surface area contributed by atoms with Gasteiger partial charge < -0.3 is 4.90 Å². The molecule has 1 saturated heterocycles. The molecule has 2 heterocycles. The molecule has 1 N–H and O–H groups in total. The fraction of sp³-hybridized carbons (Fsp3) is 0.375. The van der Waals surface area contributed by atoms with Crippen LogP contribution in [0.3, 0.4) is 0 Å². The van der Waals surface area contributed by atoms with Gasteiger partial charge in [-0.1, -0.05) is 0 Å². The number of aryl methyl sites for hydroxylation is 1. The molecule has 1 aromatic carbocycles. The summed E-state index contributed by atoms with van der Waals surface area (Å²) in [6.45, 7) is 3.49. The summed E-state index contributed by atoms with van der Waals surface area (Å²) in [7, 11) is -3.48. The molecule has 3 rings (SSSR count). The van der Waals surface area contributed by atoms with Crippen LogP contribution in [0.2, 0.25) is 0 Å². The normalized spacial score (nSPS) is 18.3. The van der Waals surface area contributed by atoms with Crippen LogP contribution in [0.4, 0.5) is 14.5 Å². The molecule has 0 amide bonds. The SMILES string of the molecule is Cc1ccc(S(=O)(=O)NCC2CCN(c3ccc(F)c(F)c3)C2)s1. The first-order valence-corrected chi connectivity index (χ1v) is 9.91. The monoisotopic (exact) mass is 372 g/mol. The van der Waals surface area contributed by atoms with Gasteiger partial charge in [0.15, 0.2) is 11.6 Å². The van der Waals surface area contributed by atoms with Gasteiger partial charge in [-0.25, -0.2) is 21.9 Å². The maximum Gasteiger partial charge on any atom is 0.250 e. The molecule has 0 spiro atoms. The number of benzene rings is 1. The molecule has 1 aliphatic heterocycles. The van der Waals surface area contributed by atoms with E-state index in [-0.39, 0.29) is 5.92 Å². The Morgan fingerprint density at radius 3 is 2.71 bits per heavy atom. The highest BCUT2D eigenvalue weighted by molar-refractivity contribution is 7.91. The zero-order chi connectivity index (χ0) is 17.3. The zero-order valence-electron chi connectivity index (χ0n) is 13.1. The molecule has 4 nitrogen and oxygen atoms in total. The van der Waals surface area contributed by atoms with Gasteiger partial charge in [0.1, 0.15) is 4.21 Å². The first-order valence-electron chi connectivity index (χ1n) is 7.61. The Hall–Kier alpha value is -1.51. The van der Waals surface area contributed by atoms with E-state index in [2.05, 4.69) is 4.72 Å². The van der Waals surface area contributed by atoms with Gasteiger partial charge >= 0.3 is 0 Å². The van der Waals surface area contributed by atoms with E-state index in [0.717, 1.165) is 17.4 Å². The highest BCUT2D eigenvalue weighted by Gasteiger charge is 2.25.